The molecule has 2 aromatic rings. The SMILES string of the molecule is CC(=O)N[C@@H]1CN(C(=O)CCc2c(C)noc2C)C[C@H]1c1ccc(C)cc1. The number of carbonyl (C=O) groups is 2. The minimum absolute atomic E-state index is 0.0618. The van der Waals surface area contributed by atoms with Crippen molar-refractivity contribution in [3.63, 3.8) is 0 Å². The molecule has 0 saturated carbocycles. The Morgan fingerprint density at radius 1 is 1.19 bits per heavy atom. The first-order chi connectivity index (χ1) is 12.8. The molecule has 0 unspecified atom stereocenters. The van der Waals surface area contributed by atoms with Gasteiger partial charge in [0.1, 0.15) is 5.76 Å². The van der Waals surface area contributed by atoms with Crippen molar-refractivity contribution < 1.29 is 14.1 Å². The van der Waals surface area contributed by atoms with Crippen LogP contribution in [0.3, 0.4) is 0 Å². The molecular formula is C21H27N3O3. The van der Waals surface area contributed by atoms with Crippen LogP contribution in [-0.4, -0.2) is 41.0 Å². The van der Waals surface area contributed by atoms with Crippen LogP contribution in [0.4, 0.5) is 0 Å². The molecule has 1 aliphatic heterocycles. The molecule has 1 aromatic heterocycles. The molecule has 6 nitrogen and oxygen atoms in total. The van der Waals surface area contributed by atoms with Gasteiger partial charge < -0.3 is 14.7 Å². The first kappa shape index (κ1) is 19.1. The first-order valence-electron chi connectivity index (χ1n) is 9.38. The van der Waals surface area contributed by atoms with Crippen molar-refractivity contribution >= 4 is 11.8 Å². The summed E-state index contributed by atoms with van der Waals surface area (Å²) in [4.78, 5) is 26.3. The summed E-state index contributed by atoms with van der Waals surface area (Å²) < 4.78 is 5.18. The monoisotopic (exact) mass is 369 g/mol. The van der Waals surface area contributed by atoms with Gasteiger partial charge in [-0.25, -0.2) is 0 Å². The molecule has 1 fully saturated rings. The highest BCUT2D eigenvalue weighted by atomic mass is 16.5. The van der Waals surface area contributed by atoms with Gasteiger partial charge in [-0.2, -0.15) is 0 Å². The van der Waals surface area contributed by atoms with Crippen LogP contribution in [0.5, 0.6) is 0 Å². The molecule has 2 atom stereocenters. The van der Waals surface area contributed by atoms with Crippen molar-refractivity contribution in [2.75, 3.05) is 13.1 Å². The second-order valence-electron chi connectivity index (χ2n) is 7.43. The Morgan fingerprint density at radius 2 is 1.89 bits per heavy atom. The minimum Gasteiger partial charge on any atom is -0.361 e. The normalized spacial score (nSPS) is 19.3. The number of aromatic nitrogens is 1. The van der Waals surface area contributed by atoms with Crippen molar-refractivity contribution in [2.24, 2.45) is 0 Å². The van der Waals surface area contributed by atoms with Gasteiger partial charge in [0.25, 0.3) is 0 Å². The third-order valence-electron chi connectivity index (χ3n) is 5.34. The van der Waals surface area contributed by atoms with Crippen LogP contribution in [0.25, 0.3) is 0 Å². The van der Waals surface area contributed by atoms with Gasteiger partial charge in [0.05, 0.1) is 11.7 Å². The molecule has 1 aliphatic rings. The number of likely N-dealkylation sites (tertiary alicyclic amines) is 1. The molecule has 0 bridgehead atoms. The van der Waals surface area contributed by atoms with Crippen molar-refractivity contribution in [1.82, 2.24) is 15.4 Å². The van der Waals surface area contributed by atoms with Crippen molar-refractivity contribution in [1.29, 1.82) is 0 Å². The third-order valence-corrected chi connectivity index (χ3v) is 5.34. The van der Waals surface area contributed by atoms with Gasteiger partial charge in [0.2, 0.25) is 11.8 Å². The fourth-order valence-electron chi connectivity index (χ4n) is 3.82. The Kier molecular flexibility index (Phi) is 5.63. The van der Waals surface area contributed by atoms with Gasteiger partial charge in [0.15, 0.2) is 0 Å². The third kappa shape index (κ3) is 4.38. The Labute approximate surface area is 159 Å². The number of benzene rings is 1. The maximum Gasteiger partial charge on any atom is 0.222 e. The van der Waals surface area contributed by atoms with Gasteiger partial charge in [-0.1, -0.05) is 35.0 Å². The van der Waals surface area contributed by atoms with E-state index < -0.39 is 0 Å². The molecule has 144 valence electrons. The van der Waals surface area contributed by atoms with E-state index in [9.17, 15) is 9.59 Å². The Hall–Kier alpha value is -2.63. The molecule has 1 saturated heterocycles. The highest BCUT2D eigenvalue weighted by Crippen LogP contribution is 2.29. The number of aryl methyl sites for hydroxylation is 3. The average molecular weight is 369 g/mol. The number of nitrogens with one attached hydrogen (secondary N) is 1. The van der Waals surface area contributed by atoms with Crippen LogP contribution < -0.4 is 5.32 Å². The number of rotatable bonds is 5. The molecule has 27 heavy (non-hydrogen) atoms. The molecule has 0 spiro atoms. The Bertz CT molecular complexity index is 806. The van der Waals surface area contributed by atoms with E-state index in [0.29, 0.717) is 25.9 Å². The van der Waals surface area contributed by atoms with Crippen LogP contribution in [0.15, 0.2) is 28.8 Å². The van der Waals surface area contributed by atoms with Crippen molar-refractivity contribution in [2.45, 2.75) is 52.5 Å². The number of nitrogens with zero attached hydrogens (tertiary/aromatic N) is 2. The lowest BCUT2D eigenvalue weighted by molar-refractivity contribution is -0.130. The summed E-state index contributed by atoms with van der Waals surface area (Å²) in [5.41, 5.74) is 4.20. The molecule has 2 amide bonds. The van der Waals surface area contributed by atoms with E-state index in [1.807, 2.05) is 25.7 Å². The van der Waals surface area contributed by atoms with Crippen LogP contribution in [0, 0.1) is 20.8 Å². The van der Waals surface area contributed by atoms with Gasteiger partial charge in [0, 0.05) is 37.9 Å². The van der Waals surface area contributed by atoms with Gasteiger partial charge in [-0.15, -0.1) is 0 Å². The van der Waals surface area contributed by atoms with E-state index in [1.165, 1.54) is 12.5 Å². The summed E-state index contributed by atoms with van der Waals surface area (Å²) >= 11 is 0. The smallest absolute Gasteiger partial charge is 0.222 e. The Morgan fingerprint density at radius 3 is 2.48 bits per heavy atom. The largest absolute Gasteiger partial charge is 0.361 e. The topological polar surface area (TPSA) is 75.4 Å². The second kappa shape index (κ2) is 7.94. The van der Waals surface area contributed by atoms with E-state index in [-0.39, 0.29) is 23.8 Å². The zero-order valence-corrected chi connectivity index (χ0v) is 16.4. The molecule has 0 radical (unpaired) electrons. The Balaban J connectivity index is 1.69. The highest BCUT2D eigenvalue weighted by molar-refractivity contribution is 5.78. The molecule has 0 aliphatic carbocycles. The molecule has 2 heterocycles. The zero-order valence-electron chi connectivity index (χ0n) is 16.4. The number of amides is 2. The molecule has 3 rings (SSSR count). The lowest BCUT2D eigenvalue weighted by Crippen LogP contribution is -2.39. The van der Waals surface area contributed by atoms with E-state index in [2.05, 4.69) is 34.7 Å². The summed E-state index contributed by atoms with van der Waals surface area (Å²) in [7, 11) is 0. The predicted octanol–water partition coefficient (Wildman–Crippen LogP) is 2.66. The van der Waals surface area contributed by atoms with E-state index in [0.717, 1.165) is 22.6 Å². The van der Waals surface area contributed by atoms with Crippen LogP contribution in [0.1, 0.15) is 47.4 Å². The lowest BCUT2D eigenvalue weighted by Gasteiger charge is -2.19. The minimum atomic E-state index is -0.0675. The quantitative estimate of drug-likeness (QED) is 0.879. The van der Waals surface area contributed by atoms with Crippen LogP contribution >= 0.6 is 0 Å². The summed E-state index contributed by atoms with van der Waals surface area (Å²) in [5, 5.41) is 6.97. The maximum absolute atomic E-state index is 12.8. The number of hydrogen-bond acceptors (Lipinski definition) is 4. The zero-order chi connectivity index (χ0) is 19.6. The number of carbonyl (C=O) groups excluding carboxylic acids is 2. The number of hydrogen-bond donors (Lipinski definition) is 1. The predicted molar refractivity (Wildman–Crippen MR) is 102 cm³/mol. The fraction of sp³-hybridized carbons (Fsp3) is 0.476. The summed E-state index contributed by atoms with van der Waals surface area (Å²) in [6.45, 7) is 8.50. The molecule has 1 aromatic carbocycles. The van der Waals surface area contributed by atoms with E-state index >= 15 is 0 Å². The van der Waals surface area contributed by atoms with Gasteiger partial charge in [-0.05, 0) is 32.8 Å². The second-order valence-corrected chi connectivity index (χ2v) is 7.43. The van der Waals surface area contributed by atoms with Gasteiger partial charge in [-0.3, -0.25) is 9.59 Å². The highest BCUT2D eigenvalue weighted by Gasteiger charge is 2.36. The maximum atomic E-state index is 12.8. The van der Waals surface area contributed by atoms with E-state index in [4.69, 9.17) is 4.52 Å². The van der Waals surface area contributed by atoms with Crippen molar-refractivity contribution in [3.8, 4) is 0 Å². The molecule has 6 heteroatoms. The van der Waals surface area contributed by atoms with Crippen LogP contribution in [0.2, 0.25) is 0 Å². The van der Waals surface area contributed by atoms with E-state index in [1.54, 1.807) is 0 Å². The first-order valence-corrected chi connectivity index (χ1v) is 9.38. The van der Waals surface area contributed by atoms with Crippen molar-refractivity contribution in [3.05, 3.63) is 52.4 Å². The summed E-state index contributed by atoms with van der Waals surface area (Å²) in [6.07, 6.45) is 1.03. The summed E-state index contributed by atoms with van der Waals surface area (Å²) in [6, 6.07) is 8.26. The van der Waals surface area contributed by atoms with Crippen LogP contribution in [-0.2, 0) is 16.0 Å². The molecular weight excluding hydrogens is 342 g/mol. The lowest BCUT2D eigenvalue weighted by atomic mass is 9.93. The summed E-state index contributed by atoms with van der Waals surface area (Å²) in [5.74, 6) is 0.912. The average Bonchev–Trinajstić information content (AvgIpc) is 3.17. The fourth-order valence-corrected chi connectivity index (χ4v) is 3.82. The standard InChI is InChI=1S/C21H27N3O3/c1-13-5-7-17(8-6-13)19-11-24(12-20(19)22-16(4)25)21(26)10-9-18-14(2)23-27-15(18)3/h5-8,19-20H,9-12H2,1-4H3,(H,22,25)/t19-,20+/m0/s1. The van der Waals surface area contributed by atoms with Gasteiger partial charge >= 0.3 is 0 Å². The molecule has 1 N–H and O–H groups in total.